The third-order valence-electron chi connectivity index (χ3n) is 5.02. The van der Waals surface area contributed by atoms with Crippen LogP contribution in [0.25, 0.3) is 10.6 Å². The normalized spacial score (nSPS) is 23.1. The van der Waals surface area contributed by atoms with Crippen LogP contribution >= 0.6 is 11.3 Å². The summed E-state index contributed by atoms with van der Waals surface area (Å²) in [6.45, 7) is 3.82. The van der Waals surface area contributed by atoms with Gasteiger partial charge in [-0.3, -0.25) is 0 Å². The highest BCUT2D eigenvalue weighted by Crippen LogP contribution is 2.30. The number of hydrogen-bond acceptors (Lipinski definition) is 5. The molecule has 4 rings (SSSR count). The van der Waals surface area contributed by atoms with E-state index in [0.29, 0.717) is 18.4 Å². The highest BCUT2D eigenvalue weighted by molar-refractivity contribution is 7.14. The van der Waals surface area contributed by atoms with E-state index in [1.54, 1.807) is 0 Å². The zero-order valence-electron chi connectivity index (χ0n) is 14.1. The Balaban J connectivity index is 1.28. The standard InChI is InChI=1S/C18H22N4O2S/c23-18(22-8-6-14(11-22)15-7-9-24-12-15)19-10-16-20-21-17(25-16)13-4-2-1-3-5-13/h1-5,14-15H,6-12H2,(H,19,23). The molecule has 0 spiro atoms. The second-order valence-electron chi connectivity index (χ2n) is 6.64. The molecule has 25 heavy (non-hydrogen) atoms. The zero-order valence-corrected chi connectivity index (χ0v) is 14.9. The van der Waals surface area contributed by atoms with Gasteiger partial charge in [0.05, 0.1) is 6.54 Å². The summed E-state index contributed by atoms with van der Waals surface area (Å²) in [4.78, 5) is 14.3. The maximum absolute atomic E-state index is 12.4. The predicted octanol–water partition coefficient (Wildman–Crippen LogP) is 2.77. The van der Waals surface area contributed by atoms with Crippen molar-refractivity contribution in [3.05, 3.63) is 35.3 Å². The molecule has 1 N–H and O–H groups in total. The molecule has 2 atom stereocenters. The fourth-order valence-corrected chi connectivity index (χ4v) is 4.35. The maximum Gasteiger partial charge on any atom is 0.317 e. The summed E-state index contributed by atoms with van der Waals surface area (Å²) in [5, 5.41) is 13.1. The third kappa shape index (κ3) is 3.82. The van der Waals surface area contributed by atoms with Crippen LogP contribution in [-0.4, -0.2) is 47.4 Å². The Kier molecular flexibility index (Phi) is 4.94. The van der Waals surface area contributed by atoms with Crippen molar-refractivity contribution in [1.29, 1.82) is 0 Å². The van der Waals surface area contributed by atoms with E-state index >= 15 is 0 Å². The monoisotopic (exact) mass is 358 g/mol. The first-order valence-electron chi connectivity index (χ1n) is 8.78. The second-order valence-corrected chi connectivity index (χ2v) is 7.71. The number of carbonyl (C=O) groups excluding carboxylic acids is 1. The molecule has 2 unspecified atom stereocenters. The van der Waals surface area contributed by atoms with Crippen molar-refractivity contribution in [3.8, 4) is 10.6 Å². The molecule has 2 aromatic rings. The van der Waals surface area contributed by atoms with Crippen LogP contribution in [0.4, 0.5) is 4.79 Å². The second kappa shape index (κ2) is 7.49. The largest absolute Gasteiger partial charge is 0.381 e. The smallest absolute Gasteiger partial charge is 0.317 e. The topological polar surface area (TPSA) is 67.4 Å². The molecule has 2 aliphatic rings. The summed E-state index contributed by atoms with van der Waals surface area (Å²) < 4.78 is 5.48. The van der Waals surface area contributed by atoms with Gasteiger partial charge in [-0.25, -0.2) is 4.79 Å². The molecule has 7 heteroatoms. The summed E-state index contributed by atoms with van der Waals surface area (Å²) >= 11 is 1.52. The quantitative estimate of drug-likeness (QED) is 0.913. The van der Waals surface area contributed by atoms with Crippen molar-refractivity contribution in [2.45, 2.75) is 19.4 Å². The summed E-state index contributed by atoms with van der Waals surface area (Å²) in [5.74, 6) is 1.20. The van der Waals surface area contributed by atoms with Gasteiger partial charge >= 0.3 is 6.03 Å². The molecule has 2 amide bonds. The fraction of sp³-hybridized carbons (Fsp3) is 0.500. The number of amides is 2. The van der Waals surface area contributed by atoms with E-state index in [-0.39, 0.29) is 6.03 Å². The number of likely N-dealkylation sites (tertiary alicyclic amines) is 1. The van der Waals surface area contributed by atoms with Crippen LogP contribution in [-0.2, 0) is 11.3 Å². The molecule has 2 fully saturated rings. The first-order valence-corrected chi connectivity index (χ1v) is 9.59. The average molecular weight is 358 g/mol. The fourth-order valence-electron chi connectivity index (χ4n) is 3.57. The Hall–Kier alpha value is -1.99. The van der Waals surface area contributed by atoms with Crippen LogP contribution in [0.1, 0.15) is 17.8 Å². The molecule has 1 aromatic heterocycles. The van der Waals surface area contributed by atoms with Crippen LogP contribution in [0.2, 0.25) is 0 Å². The molecule has 0 saturated carbocycles. The van der Waals surface area contributed by atoms with E-state index in [4.69, 9.17) is 4.74 Å². The zero-order chi connectivity index (χ0) is 17.1. The lowest BCUT2D eigenvalue weighted by atomic mass is 9.91. The minimum absolute atomic E-state index is 0.00197. The van der Waals surface area contributed by atoms with Crippen molar-refractivity contribution in [3.63, 3.8) is 0 Å². The Morgan fingerprint density at radius 1 is 1.24 bits per heavy atom. The van der Waals surface area contributed by atoms with Gasteiger partial charge in [0.25, 0.3) is 0 Å². The minimum Gasteiger partial charge on any atom is -0.381 e. The number of nitrogens with zero attached hydrogens (tertiary/aromatic N) is 3. The van der Waals surface area contributed by atoms with Crippen LogP contribution in [0.5, 0.6) is 0 Å². The molecular weight excluding hydrogens is 336 g/mol. The van der Waals surface area contributed by atoms with E-state index in [0.717, 1.165) is 54.7 Å². The maximum atomic E-state index is 12.4. The molecule has 6 nitrogen and oxygen atoms in total. The van der Waals surface area contributed by atoms with Crippen molar-refractivity contribution in [2.24, 2.45) is 11.8 Å². The van der Waals surface area contributed by atoms with Crippen LogP contribution in [0.15, 0.2) is 30.3 Å². The number of hydrogen-bond donors (Lipinski definition) is 1. The summed E-state index contributed by atoms with van der Waals surface area (Å²) in [7, 11) is 0. The van der Waals surface area contributed by atoms with Gasteiger partial charge in [0.1, 0.15) is 10.0 Å². The van der Waals surface area contributed by atoms with Crippen LogP contribution in [0.3, 0.4) is 0 Å². The number of rotatable bonds is 4. The van der Waals surface area contributed by atoms with Crippen LogP contribution < -0.4 is 5.32 Å². The average Bonchev–Trinajstić information content (AvgIpc) is 3.41. The molecule has 2 saturated heterocycles. The lowest BCUT2D eigenvalue weighted by Crippen LogP contribution is -2.38. The van der Waals surface area contributed by atoms with Gasteiger partial charge < -0.3 is 15.0 Å². The Morgan fingerprint density at radius 3 is 2.92 bits per heavy atom. The molecule has 3 heterocycles. The number of aromatic nitrogens is 2. The van der Waals surface area contributed by atoms with Crippen LogP contribution in [0, 0.1) is 11.8 Å². The van der Waals surface area contributed by atoms with Crippen molar-refractivity contribution < 1.29 is 9.53 Å². The minimum atomic E-state index is -0.00197. The SMILES string of the molecule is O=C(NCc1nnc(-c2ccccc2)s1)N1CCC(C2CCOC2)C1. The van der Waals surface area contributed by atoms with Gasteiger partial charge in [-0.05, 0) is 24.7 Å². The number of carbonyl (C=O) groups is 1. The van der Waals surface area contributed by atoms with Crippen molar-refractivity contribution in [1.82, 2.24) is 20.4 Å². The van der Waals surface area contributed by atoms with Gasteiger partial charge in [0.15, 0.2) is 0 Å². The van der Waals surface area contributed by atoms with E-state index < -0.39 is 0 Å². The number of ether oxygens (including phenoxy) is 1. The van der Waals surface area contributed by atoms with Gasteiger partial charge in [0.2, 0.25) is 0 Å². The van der Waals surface area contributed by atoms with E-state index in [1.807, 2.05) is 35.2 Å². The van der Waals surface area contributed by atoms with Gasteiger partial charge in [-0.2, -0.15) is 0 Å². The summed E-state index contributed by atoms with van der Waals surface area (Å²) in [5.41, 5.74) is 1.05. The Morgan fingerprint density at radius 2 is 2.12 bits per heavy atom. The molecule has 1 aromatic carbocycles. The number of benzene rings is 1. The van der Waals surface area contributed by atoms with Crippen molar-refractivity contribution in [2.75, 3.05) is 26.3 Å². The molecule has 0 aliphatic carbocycles. The molecule has 0 radical (unpaired) electrons. The van der Waals surface area contributed by atoms with Gasteiger partial charge in [0, 0.05) is 31.9 Å². The summed E-state index contributed by atoms with van der Waals surface area (Å²) in [6, 6.07) is 9.97. The molecule has 132 valence electrons. The Bertz CT molecular complexity index is 715. The Labute approximate surface area is 151 Å². The van der Waals surface area contributed by atoms with E-state index in [1.165, 1.54) is 11.3 Å². The molecule has 0 bridgehead atoms. The van der Waals surface area contributed by atoms with E-state index in [2.05, 4.69) is 15.5 Å². The van der Waals surface area contributed by atoms with Gasteiger partial charge in [-0.1, -0.05) is 41.7 Å². The lowest BCUT2D eigenvalue weighted by molar-refractivity contribution is 0.170. The predicted molar refractivity (Wildman–Crippen MR) is 96.2 cm³/mol. The van der Waals surface area contributed by atoms with Crippen molar-refractivity contribution >= 4 is 17.4 Å². The third-order valence-corrected chi connectivity index (χ3v) is 5.99. The van der Waals surface area contributed by atoms with E-state index in [9.17, 15) is 4.79 Å². The molecule has 2 aliphatic heterocycles. The number of nitrogens with one attached hydrogen (secondary N) is 1. The summed E-state index contributed by atoms with van der Waals surface area (Å²) in [6.07, 6.45) is 2.21. The first kappa shape index (κ1) is 16.5. The first-order chi connectivity index (χ1) is 12.3. The molecular formula is C18H22N4O2S. The lowest BCUT2D eigenvalue weighted by Gasteiger charge is -2.19. The highest BCUT2D eigenvalue weighted by atomic mass is 32.1. The number of urea groups is 1. The van der Waals surface area contributed by atoms with Gasteiger partial charge in [-0.15, -0.1) is 10.2 Å². The highest BCUT2D eigenvalue weighted by Gasteiger charge is 2.33.